The molecule has 7 nitrogen and oxygen atoms in total. The zero-order valence-electron chi connectivity index (χ0n) is 18.7. The van der Waals surface area contributed by atoms with E-state index < -0.39 is 0 Å². The fourth-order valence-corrected chi connectivity index (χ4v) is 3.58. The van der Waals surface area contributed by atoms with Gasteiger partial charge in [-0.2, -0.15) is 0 Å². The summed E-state index contributed by atoms with van der Waals surface area (Å²) in [5.41, 5.74) is 1.50. The lowest BCUT2D eigenvalue weighted by molar-refractivity contribution is -0.0295. The summed E-state index contributed by atoms with van der Waals surface area (Å²) in [6.45, 7) is 11.2. The van der Waals surface area contributed by atoms with Crippen LogP contribution in [0.3, 0.4) is 0 Å². The van der Waals surface area contributed by atoms with Crippen molar-refractivity contribution in [3.8, 4) is 11.5 Å². The molecule has 168 valence electrons. The third kappa shape index (κ3) is 7.22. The third-order valence-electron chi connectivity index (χ3n) is 4.96. The number of carbonyl (C=O) groups is 1. The second-order valence-electron chi connectivity index (χ2n) is 8.10. The first-order valence-electron chi connectivity index (χ1n) is 11.0. The van der Waals surface area contributed by atoms with Gasteiger partial charge in [0.15, 0.2) is 11.5 Å². The quantitative estimate of drug-likeness (QED) is 0.628. The summed E-state index contributed by atoms with van der Waals surface area (Å²) in [7, 11) is 0. The van der Waals surface area contributed by atoms with Gasteiger partial charge in [-0.3, -0.25) is 14.7 Å². The largest absolute Gasteiger partial charge is 0.490 e. The minimum Gasteiger partial charge on any atom is -0.490 e. The van der Waals surface area contributed by atoms with Crippen LogP contribution in [0.25, 0.3) is 0 Å². The first-order chi connectivity index (χ1) is 15.0. The van der Waals surface area contributed by atoms with E-state index in [1.807, 2.05) is 19.1 Å². The van der Waals surface area contributed by atoms with Crippen molar-refractivity contribution in [3.63, 3.8) is 0 Å². The van der Waals surface area contributed by atoms with Gasteiger partial charge in [0.2, 0.25) is 0 Å². The van der Waals surface area contributed by atoms with Crippen LogP contribution in [-0.4, -0.2) is 61.3 Å². The highest BCUT2D eigenvalue weighted by Crippen LogP contribution is 2.29. The molecule has 3 rings (SSSR count). The zero-order valence-corrected chi connectivity index (χ0v) is 18.7. The number of rotatable bonds is 10. The van der Waals surface area contributed by atoms with Crippen molar-refractivity contribution < 1.29 is 19.0 Å². The maximum atomic E-state index is 12.7. The van der Waals surface area contributed by atoms with Gasteiger partial charge < -0.3 is 19.5 Å². The van der Waals surface area contributed by atoms with Crippen LogP contribution in [0.15, 0.2) is 42.7 Å². The Labute approximate surface area is 184 Å². The monoisotopic (exact) mass is 427 g/mol. The fraction of sp³-hybridized carbons (Fsp3) is 0.500. The molecule has 0 spiro atoms. The van der Waals surface area contributed by atoms with E-state index in [0.717, 1.165) is 25.2 Å². The highest BCUT2D eigenvalue weighted by Gasteiger charge is 2.22. The molecule has 7 heteroatoms. The minimum absolute atomic E-state index is 0.00454. The lowest BCUT2D eigenvalue weighted by atomic mass is 10.1. The number of pyridine rings is 1. The molecule has 0 bridgehead atoms. The van der Waals surface area contributed by atoms with Crippen molar-refractivity contribution in [2.75, 3.05) is 39.4 Å². The molecule has 1 amide bonds. The van der Waals surface area contributed by atoms with Crippen LogP contribution in [0.5, 0.6) is 11.5 Å². The molecule has 1 unspecified atom stereocenters. The predicted octanol–water partition coefficient (Wildman–Crippen LogP) is 3.15. The second-order valence-corrected chi connectivity index (χ2v) is 8.10. The number of nitrogens with one attached hydrogen (secondary N) is 1. The number of aromatic nitrogens is 1. The maximum absolute atomic E-state index is 12.7. The van der Waals surface area contributed by atoms with E-state index in [0.29, 0.717) is 49.3 Å². The molecule has 1 atom stereocenters. The van der Waals surface area contributed by atoms with Gasteiger partial charge in [-0.1, -0.05) is 19.9 Å². The molecule has 31 heavy (non-hydrogen) atoms. The smallest absolute Gasteiger partial charge is 0.251 e. The number of hydrogen-bond acceptors (Lipinski definition) is 6. The van der Waals surface area contributed by atoms with E-state index in [-0.39, 0.29) is 12.0 Å². The number of hydrogen-bond donors (Lipinski definition) is 1. The number of ether oxygens (including phenoxy) is 3. The fourth-order valence-electron chi connectivity index (χ4n) is 3.58. The summed E-state index contributed by atoms with van der Waals surface area (Å²) in [6.07, 6.45) is 3.49. The number of benzene rings is 1. The summed E-state index contributed by atoms with van der Waals surface area (Å²) in [5.74, 6) is 1.62. The Hall–Kier alpha value is -2.64. The van der Waals surface area contributed by atoms with E-state index in [4.69, 9.17) is 14.2 Å². The number of carbonyl (C=O) groups excluding carboxylic acids is 1. The number of nitrogens with zero attached hydrogens (tertiary/aromatic N) is 2. The Bertz CT molecular complexity index is 829. The van der Waals surface area contributed by atoms with Crippen LogP contribution >= 0.6 is 0 Å². The summed E-state index contributed by atoms with van der Waals surface area (Å²) in [4.78, 5) is 19.2. The van der Waals surface area contributed by atoms with E-state index in [2.05, 4.69) is 29.0 Å². The topological polar surface area (TPSA) is 72.9 Å². The lowest BCUT2D eigenvalue weighted by Gasteiger charge is -2.33. The van der Waals surface area contributed by atoms with Crippen molar-refractivity contribution in [1.29, 1.82) is 0 Å². The molecule has 1 aromatic carbocycles. The van der Waals surface area contributed by atoms with Crippen molar-refractivity contribution in [2.24, 2.45) is 5.92 Å². The van der Waals surface area contributed by atoms with Gasteiger partial charge in [-0.05, 0) is 37.1 Å². The highest BCUT2D eigenvalue weighted by atomic mass is 16.5. The molecular formula is C24H33N3O4. The molecule has 1 N–H and O–H groups in total. The summed E-state index contributed by atoms with van der Waals surface area (Å²) in [5, 5.41) is 2.99. The van der Waals surface area contributed by atoms with Crippen LogP contribution in [-0.2, 0) is 11.3 Å². The maximum Gasteiger partial charge on any atom is 0.251 e. The normalized spacial score (nSPS) is 16.8. The Morgan fingerprint density at radius 2 is 2.16 bits per heavy atom. The first-order valence-corrected chi connectivity index (χ1v) is 11.0. The highest BCUT2D eigenvalue weighted by molar-refractivity contribution is 5.94. The minimum atomic E-state index is -0.149. The molecule has 1 saturated heterocycles. The molecule has 2 heterocycles. The van der Waals surface area contributed by atoms with E-state index in [1.165, 1.54) is 0 Å². The average Bonchev–Trinajstić information content (AvgIpc) is 2.77. The van der Waals surface area contributed by atoms with Crippen LogP contribution in [0, 0.1) is 5.92 Å². The number of amides is 1. The Balaban J connectivity index is 1.57. The molecule has 1 aliphatic heterocycles. The molecule has 1 fully saturated rings. The molecule has 0 aliphatic carbocycles. The van der Waals surface area contributed by atoms with Gasteiger partial charge in [0.25, 0.3) is 5.91 Å². The molecular weight excluding hydrogens is 394 g/mol. The molecule has 1 aliphatic rings. The van der Waals surface area contributed by atoms with E-state index in [1.54, 1.807) is 30.6 Å². The van der Waals surface area contributed by atoms with Gasteiger partial charge >= 0.3 is 0 Å². The van der Waals surface area contributed by atoms with Gasteiger partial charge in [0.1, 0.15) is 6.61 Å². The van der Waals surface area contributed by atoms with E-state index in [9.17, 15) is 4.79 Å². The average molecular weight is 428 g/mol. The molecule has 2 aromatic rings. The number of morpholine rings is 1. The van der Waals surface area contributed by atoms with Crippen LogP contribution < -0.4 is 14.8 Å². The summed E-state index contributed by atoms with van der Waals surface area (Å²) >= 11 is 0. The molecule has 0 saturated carbocycles. The zero-order chi connectivity index (χ0) is 22.1. The van der Waals surface area contributed by atoms with Crippen LogP contribution in [0.2, 0.25) is 0 Å². The molecule has 1 aromatic heterocycles. The lowest BCUT2D eigenvalue weighted by Crippen LogP contribution is -2.48. The molecule has 0 radical (unpaired) electrons. The van der Waals surface area contributed by atoms with Gasteiger partial charge in [-0.25, -0.2) is 0 Å². The first kappa shape index (κ1) is 23.0. The van der Waals surface area contributed by atoms with Gasteiger partial charge in [-0.15, -0.1) is 0 Å². The van der Waals surface area contributed by atoms with Crippen molar-refractivity contribution in [2.45, 2.75) is 33.5 Å². The van der Waals surface area contributed by atoms with Gasteiger partial charge in [0, 0.05) is 49.7 Å². The van der Waals surface area contributed by atoms with E-state index >= 15 is 0 Å². The Morgan fingerprint density at radius 3 is 2.90 bits per heavy atom. The van der Waals surface area contributed by atoms with Crippen LogP contribution in [0.4, 0.5) is 0 Å². The SMILES string of the molecule is CCOc1cc(C(=O)NCC2CN(CC(C)C)CCO2)ccc1OCc1cccnc1. The van der Waals surface area contributed by atoms with Crippen molar-refractivity contribution in [3.05, 3.63) is 53.9 Å². The predicted molar refractivity (Wildman–Crippen MR) is 120 cm³/mol. The Morgan fingerprint density at radius 1 is 1.29 bits per heavy atom. The van der Waals surface area contributed by atoms with Crippen LogP contribution in [0.1, 0.15) is 36.7 Å². The second kappa shape index (κ2) is 11.7. The standard InChI is InChI=1S/C24H33N3O4/c1-4-29-23-12-20(7-8-22(23)31-17-19-6-5-9-25-13-19)24(28)26-14-21-16-27(10-11-30-21)15-18(2)3/h5-9,12-13,18,21H,4,10-11,14-17H2,1-3H3,(H,26,28). The Kier molecular flexibility index (Phi) is 8.67. The summed E-state index contributed by atoms with van der Waals surface area (Å²) in [6, 6.07) is 9.07. The van der Waals surface area contributed by atoms with Crippen molar-refractivity contribution in [1.82, 2.24) is 15.2 Å². The van der Waals surface area contributed by atoms with Gasteiger partial charge in [0.05, 0.1) is 19.3 Å². The third-order valence-corrected chi connectivity index (χ3v) is 4.96. The summed E-state index contributed by atoms with van der Waals surface area (Å²) < 4.78 is 17.4. The van der Waals surface area contributed by atoms with Crippen molar-refractivity contribution >= 4 is 5.91 Å².